The number of nitrogens with zero attached hydrogens (tertiary/aromatic N) is 1. The first kappa shape index (κ1) is 15.7. The van der Waals surface area contributed by atoms with Gasteiger partial charge < -0.3 is 20.9 Å². The number of nitrogens with one attached hydrogen (secondary N) is 1. The van der Waals surface area contributed by atoms with Gasteiger partial charge >= 0.3 is 0 Å². The van der Waals surface area contributed by atoms with Crippen LogP contribution in [0, 0.1) is 5.41 Å². The molecule has 0 aromatic carbocycles. The van der Waals surface area contributed by atoms with Crippen LogP contribution in [0.1, 0.15) is 12.8 Å². The first-order valence-electron chi connectivity index (χ1n) is 5.91. The molecule has 106 valence electrons. The Balaban J connectivity index is 0.00000180. The number of ether oxygens (including phenoxy) is 1. The van der Waals surface area contributed by atoms with Gasteiger partial charge in [-0.25, -0.2) is 4.98 Å². The van der Waals surface area contributed by atoms with Gasteiger partial charge in [-0.2, -0.15) is 0 Å². The molecule has 1 aromatic rings. The third kappa shape index (κ3) is 3.34. The lowest BCUT2D eigenvalue weighted by atomic mass is 9.79. The van der Waals surface area contributed by atoms with Gasteiger partial charge in [0.15, 0.2) is 11.6 Å². The summed E-state index contributed by atoms with van der Waals surface area (Å²) in [5.41, 5.74) is 5.11. The highest BCUT2D eigenvalue weighted by atomic mass is 35.5. The van der Waals surface area contributed by atoms with Crippen molar-refractivity contribution in [1.82, 2.24) is 4.98 Å². The molecule has 4 N–H and O–H groups in total. The number of carbonyl (C=O) groups excluding carboxylic acids is 1. The number of halogens is 1. The number of hydrogen-bond acceptors (Lipinski definition) is 5. The van der Waals surface area contributed by atoms with Gasteiger partial charge in [-0.15, -0.1) is 12.4 Å². The third-order valence-corrected chi connectivity index (χ3v) is 3.34. The summed E-state index contributed by atoms with van der Waals surface area (Å²) in [7, 11) is 0. The predicted octanol–water partition coefficient (Wildman–Crippen LogP) is 0.903. The van der Waals surface area contributed by atoms with Crippen molar-refractivity contribution in [2.45, 2.75) is 12.8 Å². The standard InChI is InChI=1S/C12H17N3O3.ClH/c13-8-12(3-6-18-7-4-12)11(17)15-10-9(16)2-1-5-14-10;/h1-2,5,16H,3-4,6-8,13H2,(H,14,15,17);1H. The molecule has 1 aliphatic rings. The van der Waals surface area contributed by atoms with Crippen molar-refractivity contribution in [1.29, 1.82) is 0 Å². The van der Waals surface area contributed by atoms with Crippen LogP contribution >= 0.6 is 12.4 Å². The molecular weight excluding hydrogens is 270 g/mol. The van der Waals surface area contributed by atoms with Crippen LogP contribution in [0.15, 0.2) is 18.3 Å². The summed E-state index contributed by atoms with van der Waals surface area (Å²) in [6, 6.07) is 3.07. The molecule has 1 aromatic heterocycles. The van der Waals surface area contributed by atoms with E-state index in [1.807, 2.05) is 0 Å². The molecule has 1 saturated heterocycles. The zero-order valence-electron chi connectivity index (χ0n) is 10.5. The number of carbonyl (C=O) groups is 1. The minimum Gasteiger partial charge on any atom is -0.504 e. The molecule has 1 fully saturated rings. The Hall–Kier alpha value is -1.37. The van der Waals surface area contributed by atoms with Gasteiger partial charge in [-0.1, -0.05) is 0 Å². The van der Waals surface area contributed by atoms with Gasteiger partial charge in [0.25, 0.3) is 0 Å². The number of anilines is 1. The Morgan fingerprint density at radius 3 is 2.79 bits per heavy atom. The summed E-state index contributed by atoms with van der Waals surface area (Å²) in [5, 5.41) is 12.2. The van der Waals surface area contributed by atoms with E-state index in [0.29, 0.717) is 26.1 Å². The molecule has 2 rings (SSSR count). The molecule has 0 radical (unpaired) electrons. The fraction of sp³-hybridized carbons (Fsp3) is 0.500. The number of nitrogens with two attached hydrogens (primary N) is 1. The van der Waals surface area contributed by atoms with Crippen molar-refractivity contribution in [3.8, 4) is 5.75 Å². The SMILES string of the molecule is Cl.NCC1(C(=O)Nc2ncccc2O)CCOCC1. The lowest BCUT2D eigenvalue weighted by molar-refractivity contribution is -0.130. The molecule has 19 heavy (non-hydrogen) atoms. The quantitative estimate of drug-likeness (QED) is 0.767. The zero-order chi connectivity index (χ0) is 13.0. The number of hydrogen-bond donors (Lipinski definition) is 3. The van der Waals surface area contributed by atoms with Crippen LogP contribution in [-0.2, 0) is 9.53 Å². The first-order chi connectivity index (χ1) is 8.68. The van der Waals surface area contributed by atoms with Gasteiger partial charge in [0.1, 0.15) is 0 Å². The second kappa shape index (κ2) is 6.70. The number of aromatic hydroxyl groups is 1. The molecule has 2 heterocycles. The Kier molecular flexibility index (Phi) is 5.53. The van der Waals surface area contributed by atoms with E-state index in [0.717, 1.165) is 0 Å². The highest BCUT2D eigenvalue weighted by molar-refractivity contribution is 5.95. The molecule has 7 heteroatoms. The second-order valence-electron chi connectivity index (χ2n) is 4.42. The number of pyridine rings is 1. The average molecular weight is 288 g/mol. The lowest BCUT2D eigenvalue weighted by Crippen LogP contribution is -2.46. The van der Waals surface area contributed by atoms with Crippen LogP contribution in [0.4, 0.5) is 5.82 Å². The van der Waals surface area contributed by atoms with Gasteiger partial charge in [0, 0.05) is 26.0 Å². The van der Waals surface area contributed by atoms with Gasteiger partial charge in [-0.05, 0) is 25.0 Å². The maximum absolute atomic E-state index is 12.3. The van der Waals surface area contributed by atoms with E-state index in [9.17, 15) is 9.90 Å². The predicted molar refractivity (Wildman–Crippen MR) is 73.3 cm³/mol. The van der Waals surface area contributed by atoms with E-state index in [1.54, 1.807) is 6.07 Å². The highest BCUT2D eigenvalue weighted by Gasteiger charge is 2.39. The van der Waals surface area contributed by atoms with E-state index < -0.39 is 5.41 Å². The smallest absolute Gasteiger partial charge is 0.233 e. The summed E-state index contributed by atoms with van der Waals surface area (Å²) >= 11 is 0. The van der Waals surface area contributed by atoms with Gasteiger partial charge in [0.2, 0.25) is 5.91 Å². The summed E-state index contributed by atoms with van der Waals surface area (Å²) in [5.74, 6) is -0.0887. The van der Waals surface area contributed by atoms with Crippen LogP contribution in [-0.4, -0.2) is 35.8 Å². The molecular formula is C12H18ClN3O3. The normalized spacial score (nSPS) is 17.3. The summed E-state index contributed by atoms with van der Waals surface area (Å²) in [6.07, 6.45) is 2.68. The summed E-state index contributed by atoms with van der Waals surface area (Å²) < 4.78 is 5.25. The molecule has 0 spiro atoms. The third-order valence-electron chi connectivity index (χ3n) is 3.34. The van der Waals surface area contributed by atoms with E-state index in [1.165, 1.54) is 12.3 Å². The molecule has 0 bridgehead atoms. The Morgan fingerprint density at radius 1 is 1.53 bits per heavy atom. The zero-order valence-corrected chi connectivity index (χ0v) is 11.3. The number of amides is 1. The average Bonchev–Trinajstić information content (AvgIpc) is 2.42. The molecule has 0 unspecified atom stereocenters. The van der Waals surface area contributed by atoms with Crippen LogP contribution < -0.4 is 11.1 Å². The maximum Gasteiger partial charge on any atom is 0.233 e. The van der Waals surface area contributed by atoms with Crippen LogP contribution in [0.25, 0.3) is 0 Å². The summed E-state index contributed by atoms with van der Waals surface area (Å²) in [6.45, 7) is 1.31. The highest BCUT2D eigenvalue weighted by Crippen LogP contribution is 2.31. The number of rotatable bonds is 3. The monoisotopic (exact) mass is 287 g/mol. The molecule has 0 saturated carbocycles. The van der Waals surface area contributed by atoms with E-state index in [-0.39, 0.29) is 36.4 Å². The molecule has 1 amide bonds. The van der Waals surface area contributed by atoms with Crippen molar-refractivity contribution >= 4 is 24.1 Å². The van der Waals surface area contributed by atoms with E-state index in [4.69, 9.17) is 10.5 Å². The molecule has 0 aliphatic carbocycles. The van der Waals surface area contributed by atoms with Crippen LogP contribution in [0.5, 0.6) is 5.75 Å². The van der Waals surface area contributed by atoms with Crippen LogP contribution in [0.2, 0.25) is 0 Å². The molecule has 0 atom stereocenters. The minimum absolute atomic E-state index is 0. The van der Waals surface area contributed by atoms with Crippen LogP contribution in [0.3, 0.4) is 0 Å². The minimum atomic E-state index is -0.623. The van der Waals surface area contributed by atoms with E-state index >= 15 is 0 Å². The Labute approximate surface area is 117 Å². The Morgan fingerprint density at radius 2 is 2.21 bits per heavy atom. The van der Waals surface area contributed by atoms with Crippen molar-refractivity contribution in [2.75, 3.05) is 25.1 Å². The fourth-order valence-electron chi connectivity index (χ4n) is 2.02. The van der Waals surface area contributed by atoms with Crippen molar-refractivity contribution < 1.29 is 14.6 Å². The topological polar surface area (TPSA) is 97.5 Å². The van der Waals surface area contributed by atoms with Crippen molar-refractivity contribution in [3.05, 3.63) is 18.3 Å². The fourth-order valence-corrected chi connectivity index (χ4v) is 2.02. The van der Waals surface area contributed by atoms with E-state index in [2.05, 4.69) is 10.3 Å². The second-order valence-corrected chi connectivity index (χ2v) is 4.42. The number of aromatic nitrogens is 1. The molecule has 1 aliphatic heterocycles. The van der Waals surface area contributed by atoms with Gasteiger partial charge in [-0.3, -0.25) is 4.79 Å². The van der Waals surface area contributed by atoms with Gasteiger partial charge in [0.05, 0.1) is 5.41 Å². The lowest BCUT2D eigenvalue weighted by Gasteiger charge is -2.34. The van der Waals surface area contributed by atoms with Crippen molar-refractivity contribution in [3.63, 3.8) is 0 Å². The largest absolute Gasteiger partial charge is 0.504 e. The van der Waals surface area contributed by atoms with Crippen molar-refractivity contribution in [2.24, 2.45) is 11.1 Å². The Bertz CT molecular complexity index is 436. The summed E-state index contributed by atoms with van der Waals surface area (Å²) in [4.78, 5) is 16.2. The first-order valence-corrected chi connectivity index (χ1v) is 5.91. The molecule has 6 nitrogen and oxygen atoms in total. The maximum atomic E-state index is 12.3.